The maximum absolute atomic E-state index is 11.1. The van der Waals surface area contributed by atoms with Crippen molar-refractivity contribution in [1.82, 2.24) is 0 Å². The second-order valence-electron chi connectivity index (χ2n) is 6.70. The molecule has 0 aromatic heterocycles. The van der Waals surface area contributed by atoms with Gasteiger partial charge in [-0.15, -0.1) is 0 Å². The summed E-state index contributed by atoms with van der Waals surface area (Å²) in [6, 6.07) is 16.4. The molecule has 2 aromatic rings. The van der Waals surface area contributed by atoms with Crippen molar-refractivity contribution >= 4 is 22.9 Å². The molecular formula is C23H26N2O2. The average Bonchev–Trinajstić information content (AvgIpc) is 2.57. The number of anilines is 2. The molecule has 27 heavy (non-hydrogen) atoms. The van der Waals surface area contributed by atoms with E-state index in [0.29, 0.717) is 0 Å². The standard InChI is InChI=1S/C23H26N2O2/c1-16(13-18(3)26)24-22-9-5-20(6-10-22)15-21-7-11-23(12-8-21)25-17(2)14-19(4)27/h5-14,24-25H,15H2,1-4H3/b16-13-,17-14-. The van der Waals surface area contributed by atoms with Gasteiger partial charge in [-0.05, 0) is 81.7 Å². The van der Waals surface area contributed by atoms with Crippen molar-refractivity contribution in [2.24, 2.45) is 0 Å². The van der Waals surface area contributed by atoms with Crippen LogP contribution in [0.1, 0.15) is 38.8 Å². The molecule has 0 saturated heterocycles. The topological polar surface area (TPSA) is 58.2 Å². The van der Waals surface area contributed by atoms with Crippen LogP contribution in [0.3, 0.4) is 0 Å². The Balaban J connectivity index is 1.97. The van der Waals surface area contributed by atoms with Crippen LogP contribution in [0.15, 0.2) is 72.1 Å². The average molecular weight is 362 g/mol. The van der Waals surface area contributed by atoms with Crippen LogP contribution in [0, 0.1) is 0 Å². The number of rotatable bonds is 8. The number of nitrogens with one attached hydrogen (secondary N) is 2. The molecule has 0 aliphatic carbocycles. The SMILES string of the molecule is CC(=O)/C=C(/C)Nc1ccc(Cc2ccc(N/C(C)=C\C(C)=O)cc2)cc1. The van der Waals surface area contributed by atoms with Gasteiger partial charge in [-0.2, -0.15) is 0 Å². The number of carbonyl (C=O) groups excluding carboxylic acids is 2. The van der Waals surface area contributed by atoms with Gasteiger partial charge in [0.2, 0.25) is 0 Å². The fourth-order valence-electron chi connectivity index (χ4n) is 2.78. The van der Waals surface area contributed by atoms with Crippen molar-refractivity contribution in [2.45, 2.75) is 34.1 Å². The zero-order valence-corrected chi connectivity index (χ0v) is 16.3. The zero-order valence-electron chi connectivity index (χ0n) is 16.3. The molecule has 4 heteroatoms. The Kier molecular flexibility index (Phi) is 7.12. The van der Waals surface area contributed by atoms with Crippen LogP contribution in [-0.4, -0.2) is 11.6 Å². The smallest absolute Gasteiger partial charge is 0.154 e. The Morgan fingerprint density at radius 3 is 1.30 bits per heavy atom. The van der Waals surface area contributed by atoms with Crippen LogP contribution in [0.4, 0.5) is 11.4 Å². The Morgan fingerprint density at radius 1 is 0.667 bits per heavy atom. The summed E-state index contributed by atoms with van der Waals surface area (Å²) in [5.41, 5.74) is 5.99. The van der Waals surface area contributed by atoms with Crippen molar-refractivity contribution in [3.63, 3.8) is 0 Å². The number of hydrogen-bond donors (Lipinski definition) is 2. The first-order chi connectivity index (χ1) is 12.8. The highest BCUT2D eigenvalue weighted by Gasteiger charge is 2.00. The second kappa shape index (κ2) is 9.53. The van der Waals surface area contributed by atoms with E-state index in [9.17, 15) is 9.59 Å². The van der Waals surface area contributed by atoms with Gasteiger partial charge in [-0.1, -0.05) is 24.3 Å². The maximum atomic E-state index is 11.1. The number of benzene rings is 2. The lowest BCUT2D eigenvalue weighted by Gasteiger charge is -2.09. The molecule has 0 radical (unpaired) electrons. The van der Waals surface area contributed by atoms with Gasteiger partial charge in [0.25, 0.3) is 0 Å². The van der Waals surface area contributed by atoms with Crippen LogP contribution in [0.25, 0.3) is 0 Å². The molecule has 0 amide bonds. The van der Waals surface area contributed by atoms with E-state index in [-0.39, 0.29) is 11.6 Å². The number of allylic oxidation sites excluding steroid dienone is 4. The minimum absolute atomic E-state index is 0.0292. The summed E-state index contributed by atoms with van der Waals surface area (Å²) < 4.78 is 0. The summed E-state index contributed by atoms with van der Waals surface area (Å²) in [6.45, 7) is 6.82. The normalized spacial score (nSPS) is 11.9. The molecule has 0 atom stereocenters. The Labute approximate surface area is 161 Å². The first kappa shape index (κ1) is 20.2. The van der Waals surface area contributed by atoms with E-state index >= 15 is 0 Å². The molecule has 0 saturated carbocycles. The van der Waals surface area contributed by atoms with Crippen molar-refractivity contribution in [1.29, 1.82) is 0 Å². The fraction of sp³-hybridized carbons (Fsp3) is 0.217. The van der Waals surface area contributed by atoms with E-state index < -0.39 is 0 Å². The molecule has 0 aliphatic rings. The van der Waals surface area contributed by atoms with Crippen molar-refractivity contribution in [3.05, 3.63) is 83.2 Å². The van der Waals surface area contributed by atoms with Gasteiger partial charge >= 0.3 is 0 Å². The van der Waals surface area contributed by atoms with Gasteiger partial charge in [-0.25, -0.2) is 0 Å². The molecule has 2 N–H and O–H groups in total. The number of hydrogen-bond acceptors (Lipinski definition) is 4. The monoisotopic (exact) mass is 362 g/mol. The highest BCUT2D eigenvalue weighted by Crippen LogP contribution is 2.17. The summed E-state index contributed by atoms with van der Waals surface area (Å²) in [6.07, 6.45) is 4.00. The maximum Gasteiger partial charge on any atom is 0.154 e. The lowest BCUT2D eigenvalue weighted by molar-refractivity contribution is -0.113. The highest BCUT2D eigenvalue weighted by molar-refractivity contribution is 5.88. The third-order valence-corrected chi connectivity index (χ3v) is 3.84. The highest BCUT2D eigenvalue weighted by atomic mass is 16.1. The van der Waals surface area contributed by atoms with Crippen LogP contribution >= 0.6 is 0 Å². The number of ketones is 2. The van der Waals surface area contributed by atoms with Gasteiger partial charge in [0.1, 0.15) is 0 Å². The minimum atomic E-state index is 0.0292. The lowest BCUT2D eigenvalue weighted by Crippen LogP contribution is -1.99. The first-order valence-electron chi connectivity index (χ1n) is 8.91. The van der Waals surface area contributed by atoms with Gasteiger partial charge < -0.3 is 10.6 Å². The zero-order chi connectivity index (χ0) is 19.8. The van der Waals surface area contributed by atoms with Gasteiger partial charge in [0, 0.05) is 22.8 Å². The van der Waals surface area contributed by atoms with E-state index in [0.717, 1.165) is 29.2 Å². The van der Waals surface area contributed by atoms with Gasteiger partial charge in [0.15, 0.2) is 11.6 Å². The quantitative estimate of drug-likeness (QED) is 0.643. The van der Waals surface area contributed by atoms with Crippen molar-refractivity contribution in [2.75, 3.05) is 10.6 Å². The Bertz CT molecular complexity index is 787. The third kappa shape index (κ3) is 7.32. The van der Waals surface area contributed by atoms with Gasteiger partial charge in [-0.3, -0.25) is 9.59 Å². The Hall–Kier alpha value is -3.14. The largest absolute Gasteiger partial charge is 0.359 e. The predicted molar refractivity (Wildman–Crippen MR) is 112 cm³/mol. The summed E-state index contributed by atoms with van der Waals surface area (Å²) in [4.78, 5) is 22.2. The summed E-state index contributed by atoms with van der Waals surface area (Å²) in [5, 5.41) is 6.41. The molecule has 0 heterocycles. The molecule has 0 aliphatic heterocycles. The van der Waals surface area contributed by atoms with Crippen LogP contribution < -0.4 is 10.6 Å². The molecule has 0 spiro atoms. The molecule has 4 nitrogen and oxygen atoms in total. The molecule has 2 rings (SSSR count). The van der Waals surface area contributed by atoms with Crippen LogP contribution in [0.5, 0.6) is 0 Å². The third-order valence-electron chi connectivity index (χ3n) is 3.84. The van der Waals surface area contributed by atoms with E-state index in [1.54, 1.807) is 12.2 Å². The Morgan fingerprint density at radius 2 is 1.00 bits per heavy atom. The predicted octanol–water partition coefficient (Wildman–Crippen LogP) is 5.09. The summed E-state index contributed by atoms with van der Waals surface area (Å²) in [7, 11) is 0. The van der Waals surface area contributed by atoms with Crippen molar-refractivity contribution in [3.8, 4) is 0 Å². The van der Waals surface area contributed by atoms with Crippen LogP contribution in [0.2, 0.25) is 0 Å². The first-order valence-corrected chi connectivity index (χ1v) is 8.91. The van der Waals surface area contributed by atoms with E-state index in [1.807, 2.05) is 38.1 Å². The van der Waals surface area contributed by atoms with Crippen molar-refractivity contribution < 1.29 is 9.59 Å². The van der Waals surface area contributed by atoms with Crippen LogP contribution in [-0.2, 0) is 16.0 Å². The summed E-state index contributed by atoms with van der Waals surface area (Å²) in [5.74, 6) is 0.0584. The van der Waals surface area contributed by atoms with E-state index in [1.165, 1.54) is 25.0 Å². The summed E-state index contributed by atoms with van der Waals surface area (Å²) >= 11 is 0. The fourth-order valence-corrected chi connectivity index (χ4v) is 2.78. The van der Waals surface area contributed by atoms with E-state index in [2.05, 4.69) is 34.9 Å². The van der Waals surface area contributed by atoms with Gasteiger partial charge in [0.05, 0.1) is 0 Å². The van der Waals surface area contributed by atoms with E-state index in [4.69, 9.17) is 0 Å². The minimum Gasteiger partial charge on any atom is -0.359 e. The lowest BCUT2D eigenvalue weighted by atomic mass is 10.0. The molecule has 0 unspecified atom stereocenters. The second-order valence-corrected chi connectivity index (χ2v) is 6.70. The molecule has 2 aromatic carbocycles. The molecular weight excluding hydrogens is 336 g/mol. The molecule has 140 valence electrons. The number of carbonyl (C=O) groups is 2. The molecule has 0 fully saturated rings. The molecule has 0 bridgehead atoms.